The SMILES string of the molecule is COc1ccc(CN(Cc2ccc(OC)cc2)S(=O)(=O)c2c(S(=O)(=O)C3CN(C(=O)O)C3)ccc(-c3cccc4sc(C(=N)N)nc34)c2-c2nnnn2Cc2ccc(OC)cc2)cc1. The Morgan fingerprint density at radius 1 is 0.812 bits per heavy atom. The van der Waals surface area contributed by atoms with Crippen molar-refractivity contribution in [3.63, 3.8) is 0 Å². The molecule has 330 valence electrons. The van der Waals surface area contributed by atoms with Crippen LogP contribution in [-0.2, 0) is 39.5 Å². The molecule has 1 aliphatic heterocycles. The third-order valence-electron chi connectivity index (χ3n) is 10.8. The normalized spacial score (nSPS) is 13.2. The number of ether oxygens (including phenoxy) is 3. The fraction of sp³-hybridized carbons (Fsp3) is 0.209. The first kappa shape index (κ1) is 43.7. The summed E-state index contributed by atoms with van der Waals surface area (Å²) in [6, 6.07) is 28.6. The number of nitrogen functional groups attached to an aromatic ring is 1. The monoisotopic (exact) mass is 923 g/mol. The van der Waals surface area contributed by atoms with E-state index in [-0.39, 0.29) is 60.5 Å². The average molecular weight is 924 g/mol. The van der Waals surface area contributed by atoms with Gasteiger partial charge in [-0.05, 0) is 81.2 Å². The van der Waals surface area contributed by atoms with E-state index in [1.165, 1.54) is 42.4 Å². The zero-order valence-electron chi connectivity index (χ0n) is 34.6. The van der Waals surface area contributed by atoms with E-state index in [1.807, 2.05) is 0 Å². The zero-order valence-corrected chi connectivity index (χ0v) is 37.0. The van der Waals surface area contributed by atoms with Crippen LogP contribution in [-0.4, -0.2) is 108 Å². The summed E-state index contributed by atoms with van der Waals surface area (Å²) < 4.78 is 81.4. The van der Waals surface area contributed by atoms with E-state index in [9.17, 15) is 18.3 Å². The fourth-order valence-electron chi connectivity index (χ4n) is 7.36. The van der Waals surface area contributed by atoms with E-state index in [0.717, 1.165) is 16.2 Å². The summed E-state index contributed by atoms with van der Waals surface area (Å²) in [6.45, 7) is -1.18. The van der Waals surface area contributed by atoms with Crippen LogP contribution in [0.4, 0.5) is 4.79 Å². The Kier molecular flexibility index (Phi) is 12.1. The molecule has 0 aliphatic carbocycles. The van der Waals surface area contributed by atoms with Gasteiger partial charge < -0.3 is 30.0 Å². The molecule has 0 bridgehead atoms. The van der Waals surface area contributed by atoms with E-state index in [0.29, 0.717) is 49.7 Å². The van der Waals surface area contributed by atoms with Crippen LogP contribution in [0.2, 0.25) is 0 Å². The molecule has 64 heavy (non-hydrogen) atoms. The molecule has 7 aromatic rings. The topological polar surface area (TPSA) is 246 Å². The second-order valence-electron chi connectivity index (χ2n) is 14.7. The van der Waals surface area contributed by atoms with Crippen LogP contribution in [0.1, 0.15) is 21.7 Å². The van der Waals surface area contributed by atoms with Gasteiger partial charge in [-0.1, -0.05) is 54.6 Å². The number of nitrogens with zero attached hydrogens (tertiary/aromatic N) is 7. The summed E-state index contributed by atoms with van der Waals surface area (Å²) in [5.74, 6) is 1.32. The van der Waals surface area contributed by atoms with Gasteiger partial charge in [0.1, 0.15) is 27.4 Å². The number of amides is 1. The number of nitrogens with one attached hydrogen (secondary N) is 1. The first-order valence-corrected chi connectivity index (χ1v) is 23.3. The first-order chi connectivity index (χ1) is 30.7. The molecule has 4 N–H and O–H groups in total. The molecule has 1 fully saturated rings. The van der Waals surface area contributed by atoms with Crippen LogP contribution in [0.15, 0.2) is 113 Å². The lowest BCUT2D eigenvalue weighted by Gasteiger charge is -2.37. The highest BCUT2D eigenvalue weighted by molar-refractivity contribution is 7.94. The second kappa shape index (κ2) is 17.7. The number of sulfone groups is 1. The van der Waals surface area contributed by atoms with E-state index in [2.05, 4.69) is 20.5 Å². The molecule has 21 heteroatoms. The zero-order chi connectivity index (χ0) is 45.3. The van der Waals surface area contributed by atoms with Crippen molar-refractivity contribution in [3.8, 4) is 39.8 Å². The highest BCUT2D eigenvalue weighted by atomic mass is 32.2. The summed E-state index contributed by atoms with van der Waals surface area (Å²) >= 11 is 1.16. The van der Waals surface area contributed by atoms with Crippen LogP contribution in [0, 0.1) is 5.41 Å². The lowest BCUT2D eigenvalue weighted by atomic mass is 9.98. The Labute approximate surface area is 371 Å². The molecule has 18 nitrogen and oxygen atoms in total. The predicted molar refractivity (Wildman–Crippen MR) is 238 cm³/mol. The number of carbonyl (C=O) groups is 1. The highest BCUT2D eigenvalue weighted by Gasteiger charge is 2.45. The number of benzene rings is 5. The number of rotatable bonds is 16. The maximum atomic E-state index is 16.1. The number of tetrazole rings is 1. The number of hydrogen-bond acceptors (Lipinski definition) is 14. The van der Waals surface area contributed by atoms with Crippen molar-refractivity contribution in [2.24, 2.45) is 5.73 Å². The van der Waals surface area contributed by atoms with E-state index in [1.54, 1.807) is 91.0 Å². The lowest BCUT2D eigenvalue weighted by Crippen LogP contribution is -2.56. The van der Waals surface area contributed by atoms with Gasteiger partial charge in [0.05, 0.1) is 48.5 Å². The number of likely N-dealkylation sites (tertiary alicyclic amines) is 1. The van der Waals surface area contributed by atoms with Crippen LogP contribution < -0.4 is 19.9 Å². The predicted octanol–water partition coefficient (Wildman–Crippen LogP) is 5.50. The number of methoxy groups -OCH3 is 3. The maximum Gasteiger partial charge on any atom is 0.407 e. The van der Waals surface area contributed by atoms with Crippen molar-refractivity contribution in [2.75, 3.05) is 34.4 Å². The lowest BCUT2D eigenvalue weighted by molar-refractivity contribution is 0.120. The van der Waals surface area contributed by atoms with Crippen molar-refractivity contribution < 1.29 is 40.9 Å². The molecule has 1 amide bonds. The van der Waals surface area contributed by atoms with Crippen LogP contribution in [0.25, 0.3) is 32.7 Å². The molecule has 1 saturated heterocycles. The minimum Gasteiger partial charge on any atom is -0.497 e. The standard InChI is InChI=1S/C43H41N9O9S3/c1-59-29-13-7-26(8-14-29)21-51(22-27-9-15-30(60-2)16-10-27)64(57,58)39-36(63(55,56)32-24-50(25-32)43(53)54)20-19-33(34-5-4-6-35-38(34)46-42(62-35)40(44)45)37(39)41-47-48-49-52(41)23-28-11-17-31(61-3)18-12-28/h4-20,32H,21-25H2,1-3H3,(H3,44,45)(H,53,54). The molecule has 5 aromatic carbocycles. The van der Waals surface area contributed by atoms with Gasteiger partial charge in [0.2, 0.25) is 10.0 Å². The molecule has 2 aromatic heterocycles. The molecule has 0 saturated carbocycles. The van der Waals surface area contributed by atoms with Crippen LogP contribution in [0.5, 0.6) is 17.2 Å². The third kappa shape index (κ3) is 8.44. The molecular formula is C43H41N9O9S3. The number of para-hydroxylation sites is 1. The second-order valence-corrected chi connectivity index (χ2v) is 19.8. The van der Waals surface area contributed by atoms with Crippen molar-refractivity contribution in [1.29, 1.82) is 5.41 Å². The molecular weight excluding hydrogens is 883 g/mol. The van der Waals surface area contributed by atoms with E-state index >= 15 is 8.42 Å². The summed E-state index contributed by atoms with van der Waals surface area (Å²) in [7, 11) is -5.02. The Morgan fingerprint density at radius 3 is 1.91 bits per heavy atom. The number of thiazole rings is 1. The number of aromatic nitrogens is 5. The molecule has 0 radical (unpaired) electrons. The Bertz CT molecular complexity index is 3050. The van der Waals surface area contributed by atoms with Crippen molar-refractivity contribution in [1.82, 2.24) is 34.4 Å². The van der Waals surface area contributed by atoms with Crippen molar-refractivity contribution >= 4 is 53.3 Å². The average Bonchev–Trinajstić information content (AvgIpc) is 3.93. The van der Waals surface area contributed by atoms with Gasteiger partial charge in [-0.2, -0.15) is 4.31 Å². The Morgan fingerprint density at radius 2 is 1.38 bits per heavy atom. The molecule has 1 aliphatic rings. The first-order valence-electron chi connectivity index (χ1n) is 19.5. The van der Waals surface area contributed by atoms with Gasteiger partial charge in [-0.25, -0.2) is 31.3 Å². The molecule has 0 atom stereocenters. The number of fused-ring (bicyclic) bond motifs is 1. The van der Waals surface area contributed by atoms with E-state index in [4.69, 9.17) is 25.4 Å². The van der Waals surface area contributed by atoms with Gasteiger partial charge in [-0.3, -0.25) is 5.41 Å². The van der Waals surface area contributed by atoms with Gasteiger partial charge in [0.25, 0.3) is 0 Å². The molecule has 3 heterocycles. The number of nitrogens with two attached hydrogens (primary N) is 1. The highest BCUT2D eigenvalue weighted by Crippen LogP contribution is 2.45. The van der Waals surface area contributed by atoms with Gasteiger partial charge in [0, 0.05) is 31.7 Å². The van der Waals surface area contributed by atoms with Gasteiger partial charge >= 0.3 is 6.09 Å². The van der Waals surface area contributed by atoms with Crippen LogP contribution >= 0.6 is 11.3 Å². The van der Waals surface area contributed by atoms with Gasteiger partial charge in [-0.15, -0.1) is 16.4 Å². The van der Waals surface area contributed by atoms with Crippen molar-refractivity contribution in [3.05, 3.63) is 125 Å². The largest absolute Gasteiger partial charge is 0.497 e. The number of carboxylic acid groups (broad SMARTS) is 1. The molecule has 0 unspecified atom stereocenters. The summed E-state index contributed by atoms with van der Waals surface area (Å²) in [5, 5.41) is 29.5. The molecule has 0 spiro atoms. The summed E-state index contributed by atoms with van der Waals surface area (Å²) in [6.07, 6.45) is -1.31. The third-order valence-corrected chi connectivity index (χ3v) is 16.0. The smallest absolute Gasteiger partial charge is 0.407 e. The Balaban J connectivity index is 1.43. The van der Waals surface area contributed by atoms with Crippen LogP contribution in [0.3, 0.4) is 0 Å². The quantitative estimate of drug-likeness (QED) is 0.0800. The van der Waals surface area contributed by atoms with Gasteiger partial charge in [0.15, 0.2) is 26.5 Å². The fourth-order valence-corrected chi connectivity index (χ4v) is 12.3. The number of amidine groups is 1. The minimum atomic E-state index is -4.97. The van der Waals surface area contributed by atoms with Crippen molar-refractivity contribution in [2.45, 2.75) is 34.7 Å². The number of hydrogen-bond donors (Lipinski definition) is 3. The summed E-state index contributed by atoms with van der Waals surface area (Å²) in [5.41, 5.74) is 8.54. The summed E-state index contributed by atoms with van der Waals surface area (Å²) in [4.78, 5) is 16.3. The maximum absolute atomic E-state index is 16.1. The van der Waals surface area contributed by atoms with E-state index < -0.39 is 41.0 Å². The Hall–Kier alpha value is -6.94. The number of sulfonamides is 1. The minimum absolute atomic E-state index is 0.0230. The molecule has 8 rings (SSSR count).